The number of benzene rings is 1. The molecule has 0 bridgehead atoms. The first-order chi connectivity index (χ1) is 8.19. The Morgan fingerprint density at radius 3 is 2.94 bits per heavy atom. The van der Waals surface area contributed by atoms with E-state index in [1.807, 2.05) is 38.1 Å². The summed E-state index contributed by atoms with van der Waals surface area (Å²) < 4.78 is 0. The van der Waals surface area contributed by atoms with Crippen LogP contribution in [0.3, 0.4) is 0 Å². The van der Waals surface area contributed by atoms with Crippen LogP contribution >= 0.6 is 0 Å². The van der Waals surface area contributed by atoms with Crippen molar-refractivity contribution in [1.82, 2.24) is 15.2 Å². The lowest BCUT2D eigenvalue weighted by molar-refractivity contribution is 0.804. The maximum absolute atomic E-state index is 5.58. The second kappa shape index (κ2) is 4.97. The number of H-pyrrole nitrogens is 1. The van der Waals surface area contributed by atoms with E-state index >= 15 is 0 Å². The van der Waals surface area contributed by atoms with Gasteiger partial charge >= 0.3 is 0 Å². The highest BCUT2D eigenvalue weighted by molar-refractivity contribution is 5.62. The molecule has 1 unspecified atom stereocenters. The number of aromatic nitrogens is 3. The van der Waals surface area contributed by atoms with E-state index in [9.17, 15) is 0 Å². The number of hydrogen-bond donors (Lipinski definition) is 3. The van der Waals surface area contributed by atoms with Gasteiger partial charge in [-0.2, -0.15) is 5.10 Å². The van der Waals surface area contributed by atoms with E-state index in [1.54, 1.807) is 0 Å². The molecular weight excluding hydrogens is 214 g/mol. The Kier molecular flexibility index (Phi) is 3.39. The molecule has 5 heteroatoms. The molecule has 0 saturated heterocycles. The maximum atomic E-state index is 5.58. The van der Waals surface area contributed by atoms with Crippen LogP contribution in [0.1, 0.15) is 12.7 Å². The summed E-state index contributed by atoms with van der Waals surface area (Å²) in [5.41, 5.74) is 7.60. The van der Waals surface area contributed by atoms with Gasteiger partial charge in [0.15, 0.2) is 5.82 Å². The average Bonchev–Trinajstić information content (AvgIpc) is 2.76. The van der Waals surface area contributed by atoms with E-state index in [1.165, 1.54) is 0 Å². The lowest BCUT2D eigenvalue weighted by atomic mass is 10.2. The summed E-state index contributed by atoms with van der Waals surface area (Å²) in [4.78, 5) is 4.30. The van der Waals surface area contributed by atoms with Crippen LogP contribution in [0, 0.1) is 6.92 Å². The Morgan fingerprint density at radius 2 is 2.29 bits per heavy atom. The normalized spacial score (nSPS) is 12.4. The summed E-state index contributed by atoms with van der Waals surface area (Å²) in [6, 6.07) is 8.25. The van der Waals surface area contributed by atoms with Crippen LogP contribution < -0.4 is 11.1 Å². The zero-order valence-electron chi connectivity index (χ0n) is 10.1. The summed E-state index contributed by atoms with van der Waals surface area (Å²) >= 11 is 0. The smallest absolute Gasteiger partial charge is 0.181 e. The molecule has 90 valence electrons. The van der Waals surface area contributed by atoms with Gasteiger partial charge in [-0.1, -0.05) is 12.1 Å². The Labute approximate surface area is 100 Å². The third-order valence-electron chi connectivity index (χ3n) is 2.48. The summed E-state index contributed by atoms with van der Waals surface area (Å²) in [6.07, 6.45) is 0. The number of nitrogens with one attached hydrogen (secondary N) is 2. The van der Waals surface area contributed by atoms with Crippen molar-refractivity contribution in [3.8, 4) is 11.4 Å². The van der Waals surface area contributed by atoms with Gasteiger partial charge in [0.05, 0.1) is 0 Å². The standard InChI is InChI=1S/C12H17N5/c1-8(7-13)14-11-5-3-4-10(6-11)12-15-9(2)16-17-12/h3-6,8,14H,7,13H2,1-2H3,(H,15,16,17). The number of nitrogens with zero attached hydrogens (tertiary/aromatic N) is 2. The first-order valence-electron chi connectivity index (χ1n) is 5.65. The molecule has 0 aliphatic carbocycles. The lowest BCUT2D eigenvalue weighted by Gasteiger charge is -2.13. The summed E-state index contributed by atoms with van der Waals surface area (Å²) in [5.74, 6) is 1.53. The Hall–Kier alpha value is -1.88. The minimum atomic E-state index is 0.249. The number of aromatic amines is 1. The lowest BCUT2D eigenvalue weighted by Crippen LogP contribution is -2.25. The third kappa shape index (κ3) is 2.82. The van der Waals surface area contributed by atoms with Crippen LogP contribution in [0.2, 0.25) is 0 Å². The molecule has 4 N–H and O–H groups in total. The van der Waals surface area contributed by atoms with Crippen LogP contribution in [0.4, 0.5) is 5.69 Å². The van der Waals surface area contributed by atoms with Gasteiger partial charge in [0, 0.05) is 23.8 Å². The van der Waals surface area contributed by atoms with Crippen LogP contribution in [0.15, 0.2) is 24.3 Å². The van der Waals surface area contributed by atoms with Gasteiger partial charge < -0.3 is 11.1 Å². The highest BCUT2D eigenvalue weighted by Gasteiger charge is 2.05. The second-order valence-corrected chi connectivity index (χ2v) is 4.11. The molecule has 1 aromatic carbocycles. The van der Waals surface area contributed by atoms with Gasteiger partial charge in [0.1, 0.15) is 5.82 Å². The molecule has 5 nitrogen and oxygen atoms in total. The third-order valence-corrected chi connectivity index (χ3v) is 2.48. The molecule has 0 radical (unpaired) electrons. The van der Waals surface area contributed by atoms with Crippen LogP contribution in [0.5, 0.6) is 0 Å². The zero-order valence-corrected chi connectivity index (χ0v) is 10.1. The topological polar surface area (TPSA) is 79.6 Å². The van der Waals surface area contributed by atoms with E-state index in [-0.39, 0.29) is 6.04 Å². The fraction of sp³-hybridized carbons (Fsp3) is 0.333. The molecule has 0 aliphatic rings. The molecule has 1 heterocycles. The molecule has 2 rings (SSSR count). The number of rotatable bonds is 4. The van der Waals surface area contributed by atoms with E-state index in [4.69, 9.17) is 5.73 Å². The van der Waals surface area contributed by atoms with Crippen molar-refractivity contribution < 1.29 is 0 Å². The monoisotopic (exact) mass is 231 g/mol. The zero-order chi connectivity index (χ0) is 12.3. The van der Waals surface area contributed by atoms with Gasteiger partial charge in [-0.15, -0.1) is 0 Å². The van der Waals surface area contributed by atoms with E-state index in [2.05, 4.69) is 20.5 Å². The van der Waals surface area contributed by atoms with Crippen molar-refractivity contribution >= 4 is 5.69 Å². The number of hydrogen-bond acceptors (Lipinski definition) is 4. The van der Waals surface area contributed by atoms with Crippen molar-refractivity contribution in [1.29, 1.82) is 0 Å². The Bertz CT molecular complexity index is 491. The second-order valence-electron chi connectivity index (χ2n) is 4.11. The molecule has 0 amide bonds. The molecule has 0 aliphatic heterocycles. The SMILES string of the molecule is Cc1nc(-c2cccc(NC(C)CN)c2)n[nH]1. The molecule has 0 spiro atoms. The molecule has 17 heavy (non-hydrogen) atoms. The fourth-order valence-electron chi connectivity index (χ4n) is 1.56. The fourth-order valence-corrected chi connectivity index (χ4v) is 1.56. The first kappa shape index (κ1) is 11.6. The van der Waals surface area contributed by atoms with Gasteiger partial charge in [-0.05, 0) is 26.0 Å². The number of aryl methyl sites for hydroxylation is 1. The quantitative estimate of drug-likeness (QED) is 0.745. The minimum absolute atomic E-state index is 0.249. The number of anilines is 1. The molecule has 2 aromatic rings. The van der Waals surface area contributed by atoms with Crippen LogP contribution in [-0.4, -0.2) is 27.8 Å². The number of nitrogens with two attached hydrogens (primary N) is 1. The largest absolute Gasteiger partial charge is 0.381 e. The molecule has 1 atom stereocenters. The van der Waals surface area contributed by atoms with Gasteiger partial charge in [0.2, 0.25) is 0 Å². The predicted octanol–water partition coefficient (Wildman–Crippen LogP) is 1.54. The van der Waals surface area contributed by atoms with Crippen molar-refractivity contribution in [3.05, 3.63) is 30.1 Å². The van der Waals surface area contributed by atoms with Crippen molar-refractivity contribution in [3.63, 3.8) is 0 Å². The summed E-state index contributed by atoms with van der Waals surface area (Å²) in [5, 5.41) is 10.3. The van der Waals surface area contributed by atoms with Crippen LogP contribution in [0.25, 0.3) is 11.4 Å². The molecule has 0 fully saturated rings. The molecular formula is C12H17N5. The average molecular weight is 231 g/mol. The summed E-state index contributed by atoms with van der Waals surface area (Å²) in [6.45, 7) is 4.53. The first-order valence-corrected chi connectivity index (χ1v) is 5.65. The predicted molar refractivity (Wildman–Crippen MR) is 68.7 cm³/mol. The minimum Gasteiger partial charge on any atom is -0.381 e. The van der Waals surface area contributed by atoms with Crippen molar-refractivity contribution in [2.45, 2.75) is 19.9 Å². The van der Waals surface area contributed by atoms with Gasteiger partial charge in [-0.25, -0.2) is 4.98 Å². The summed E-state index contributed by atoms with van der Waals surface area (Å²) in [7, 11) is 0. The van der Waals surface area contributed by atoms with E-state index in [0.29, 0.717) is 12.4 Å². The highest BCUT2D eigenvalue weighted by Crippen LogP contribution is 2.19. The highest BCUT2D eigenvalue weighted by atomic mass is 15.2. The van der Waals surface area contributed by atoms with E-state index in [0.717, 1.165) is 17.1 Å². The van der Waals surface area contributed by atoms with Crippen molar-refractivity contribution in [2.75, 3.05) is 11.9 Å². The Balaban J connectivity index is 2.22. The molecule has 0 saturated carbocycles. The van der Waals surface area contributed by atoms with Gasteiger partial charge in [-0.3, -0.25) is 5.10 Å². The van der Waals surface area contributed by atoms with Gasteiger partial charge in [0.25, 0.3) is 0 Å². The van der Waals surface area contributed by atoms with E-state index < -0.39 is 0 Å². The van der Waals surface area contributed by atoms with Crippen molar-refractivity contribution in [2.24, 2.45) is 5.73 Å². The molecule has 1 aromatic heterocycles. The maximum Gasteiger partial charge on any atom is 0.181 e. The van der Waals surface area contributed by atoms with Crippen LogP contribution in [-0.2, 0) is 0 Å². The Morgan fingerprint density at radius 1 is 1.47 bits per heavy atom.